The first-order valence-corrected chi connectivity index (χ1v) is 4.90. The van der Waals surface area contributed by atoms with Crippen LogP contribution in [0.2, 0.25) is 0 Å². The Labute approximate surface area is 95.0 Å². The average molecular weight is 225 g/mol. The van der Waals surface area contributed by atoms with E-state index in [1.165, 1.54) is 25.3 Å². The zero-order valence-electron chi connectivity index (χ0n) is 9.60. The molecule has 5 nitrogen and oxygen atoms in total. The fourth-order valence-electron chi connectivity index (χ4n) is 1.05. The van der Waals surface area contributed by atoms with Gasteiger partial charge in [0.1, 0.15) is 0 Å². The van der Waals surface area contributed by atoms with Crippen LogP contribution in [0, 0.1) is 0 Å². The molecule has 0 saturated carbocycles. The van der Waals surface area contributed by atoms with E-state index in [-0.39, 0.29) is 16.7 Å². The molecule has 0 saturated heterocycles. The highest BCUT2D eigenvalue weighted by Gasteiger charge is 2.16. The second-order valence-electron chi connectivity index (χ2n) is 2.71. The molecule has 0 radical (unpaired) electrons. The number of benzene rings is 1. The van der Waals surface area contributed by atoms with Crippen molar-refractivity contribution in [3.05, 3.63) is 23.8 Å². The molecule has 0 aromatic heterocycles. The molecule has 16 heavy (non-hydrogen) atoms. The van der Waals surface area contributed by atoms with Gasteiger partial charge in [-0.2, -0.15) is 0 Å². The van der Waals surface area contributed by atoms with Crippen LogP contribution in [-0.2, 0) is 4.74 Å². The zero-order chi connectivity index (χ0) is 12.7. The van der Waals surface area contributed by atoms with Crippen LogP contribution in [0.15, 0.2) is 18.2 Å². The summed E-state index contributed by atoms with van der Waals surface area (Å²) in [5.74, 6) is -0.518. The predicted molar refractivity (Wildman–Crippen MR) is 63.4 cm³/mol. The monoisotopic (exact) mass is 225 g/mol. The Morgan fingerprint density at radius 3 is 2.31 bits per heavy atom. The number of nitrogen functional groups attached to an aromatic ring is 1. The number of carbonyl (C=O) groups is 1. The van der Waals surface area contributed by atoms with Gasteiger partial charge in [-0.15, -0.1) is 0 Å². The maximum Gasteiger partial charge on any atom is 0.490 e. The lowest BCUT2D eigenvalue weighted by atomic mass is 9.78. The van der Waals surface area contributed by atoms with Crippen molar-refractivity contribution in [3.63, 3.8) is 0 Å². The summed E-state index contributed by atoms with van der Waals surface area (Å²) in [6.07, 6.45) is 0. The summed E-state index contributed by atoms with van der Waals surface area (Å²) in [5, 5.41) is 17.7. The number of esters is 1. The molecule has 0 fully saturated rings. The predicted octanol–water partition coefficient (Wildman–Crippen LogP) is -0.239. The van der Waals surface area contributed by atoms with Crippen LogP contribution in [-0.4, -0.2) is 30.2 Å². The van der Waals surface area contributed by atoms with Crippen molar-refractivity contribution < 1.29 is 19.6 Å². The minimum absolute atomic E-state index is 0.142. The van der Waals surface area contributed by atoms with Gasteiger partial charge in [0, 0.05) is 11.2 Å². The van der Waals surface area contributed by atoms with Crippen LogP contribution in [0.1, 0.15) is 24.2 Å². The molecule has 0 atom stereocenters. The van der Waals surface area contributed by atoms with E-state index in [1.807, 2.05) is 13.8 Å². The summed E-state index contributed by atoms with van der Waals surface area (Å²) in [6.45, 7) is 4.00. The first kappa shape index (κ1) is 14.5. The van der Waals surface area contributed by atoms with Crippen molar-refractivity contribution >= 4 is 24.2 Å². The highest BCUT2D eigenvalue weighted by Crippen LogP contribution is 2.06. The van der Waals surface area contributed by atoms with E-state index in [0.29, 0.717) is 0 Å². The van der Waals surface area contributed by atoms with Gasteiger partial charge in [-0.05, 0) is 12.1 Å². The van der Waals surface area contributed by atoms with Crippen molar-refractivity contribution in [1.29, 1.82) is 0 Å². The van der Waals surface area contributed by atoms with E-state index in [9.17, 15) is 4.79 Å². The van der Waals surface area contributed by atoms with Crippen molar-refractivity contribution in [2.24, 2.45) is 0 Å². The summed E-state index contributed by atoms with van der Waals surface area (Å²) >= 11 is 0. The molecule has 6 heteroatoms. The summed E-state index contributed by atoms with van der Waals surface area (Å²) in [6, 6.07) is 4.11. The second kappa shape index (κ2) is 6.87. The van der Waals surface area contributed by atoms with Gasteiger partial charge < -0.3 is 20.5 Å². The first-order chi connectivity index (χ1) is 7.56. The van der Waals surface area contributed by atoms with Gasteiger partial charge in [0.25, 0.3) is 0 Å². The molecular formula is C10H16BNO4. The minimum Gasteiger partial charge on any atom is -0.465 e. The molecule has 0 aliphatic carbocycles. The van der Waals surface area contributed by atoms with Crippen LogP contribution in [0.4, 0.5) is 5.69 Å². The van der Waals surface area contributed by atoms with E-state index in [0.717, 1.165) is 0 Å². The molecule has 0 heterocycles. The van der Waals surface area contributed by atoms with E-state index >= 15 is 0 Å². The third-order valence-corrected chi connectivity index (χ3v) is 1.79. The van der Waals surface area contributed by atoms with Crippen LogP contribution in [0.3, 0.4) is 0 Å². The third-order valence-electron chi connectivity index (χ3n) is 1.79. The molecule has 1 aromatic rings. The van der Waals surface area contributed by atoms with Crippen LogP contribution in [0.5, 0.6) is 0 Å². The Morgan fingerprint density at radius 2 is 1.94 bits per heavy atom. The highest BCUT2D eigenvalue weighted by atomic mass is 16.5. The molecule has 1 rings (SSSR count). The Morgan fingerprint density at radius 1 is 1.38 bits per heavy atom. The Bertz CT molecular complexity index is 355. The summed E-state index contributed by atoms with van der Waals surface area (Å²) in [5.41, 5.74) is 6.07. The Kier molecular flexibility index (Phi) is 6.21. The molecule has 4 N–H and O–H groups in total. The van der Waals surface area contributed by atoms with Gasteiger partial charge in [-0.25, -0.2) is 4.79 Å². The summed E-state index contributed by atoms with van der Waals surface area (Å²) in [4.78, 5) is 11.0. The SMILES string of the molecule is CC.COC(=O)c1ccc(B(O)O)c(N)c1. The molecule has 0 spiro atoms. The summed E-state index contributed by atoms with van der Waals surface area (Å²) in [7, 11) is -0.380. The third kappa shape index (κ3) is 3.56. The first-order valence-electron chi connectivity index (χ1n) is 4.90. The van der Waals surface area contributed by atoms with Crippen molar-refractivity contribution in [2.75, 3.05) is 12.8 Å². The van der Waals surface area contributed by atoms with Gasteiger partial charge in [-0.1, -0.05) is 19.9 Å². The molecule has 0 unspecified atom stereocenters. The number of anilines is 1. The molecule has 0 amide bonds. The van der Waals surface area contributed by atoms with E-state index < -0.39 is 13.1 Å². The van der Waals surface area contributed by atoms with Crippen molar-refractivity contribution in [1.82, 2.24) is 0 Å². The molecule has 0 aliphatic heterocycles. The van der Waals surface area contributed by atoms with Crippen LogP contribution >= 0.6 is 0 Å². The number of nitrogens with two attached hydrogens (primary N) is 1. The van der Waals surface area contributed by atoms with Crippen LogP contribution < -0.4 is 11.2 Å². The van der Waals surface area contributed by atoms with Gasteiger partial charge in [0.05, 0.1) is 12.7 Å². The smallest absolute Gasteiger partial charge is 0.465 e. The largest absolute Gasteiger partial charge is 0.490 e. The standard InChI is InChI=1S/C8H10BNO4.C2H6/c1-14-8(11)5-2-3-6(9(12)13)7(10)4-5;1-2/h2-4,12-13H,10H2,1H3;1-2H3. The number of hydrogen-bond donors (Lipinski definition) is 3. The lowest BCUT2D eigenvalue weighted by Gasteiger charge is -2.05. The molecule has 1 aromatic carbocycles. The van der Waals surface area contributed by atoms with Crippen molar-refractivity contribution in [2.45, 2.75) is 13.8 Å². The number of carbonyl (C=O) groups excluding carboxylic acids is 1. The van der Waals surface area contributed by atoms with Gasteiger partial charge in [-0.3, -0.25) is 0 Å². The quantitative estimate of drug-likeness (QED) is 0.367. The molecule has 0 aliphatic rings. The highest BCUT2D eigenvalue weighted by molar-refractivity contribution is 6.60. The van der Waals surface area contributed by atoms with Crippen LogP contribution in [0.25, 0.3) is 0 Å². The molecule has 88 valence electrons. The van der Waals surface area contributed by atoms with Gasteiger partial charge in [0.2, 0.25) is 0 Å². The minimum atomic E-state index is -1.64. The lowest BCUT2D eigenvalue weighted by molar-refractivity contribution is 0.0601. The van der Waals surface area contributed by atoms with Crippen molar-refractivity contribution in [3.8, 4) is 0 Å². The second-order valence-corrected chi connectivity index (χ2v) is 2.71. The fourth-order valence-corrected chi connectivity index (χ4v) is 1.05. The number of ether oxygens (including phenoxy) is 1. The Balaban J connectivity index is 0.00000106. The number of rotatable bonds is 2. The van der Waals surface area contributed by atoms with Gasteiger partial charge in [0.15, 0.2) is 0 Å². The summed E-state index contributed by atoms with van der Waals surface area (Å²) < 4.78 is 4.47. The molecule has 0 bridgehead atoms. The zero-order valence-corrected chi connectivity index (χ0v) is 9.60. The lowest BCUT2D eigenvalue weighted by Crippen LogP contribution is -2.32. The van der Waals surface area contributed by atoms with Gasteiger partial charge >= 0.3 is 13.1 Å². The van der Waals surface area contributed by atoms with E-state index in [4.69, 9.17) is 15.8 Å². The molecular weight excluding hydrogens is 209 g/mol. The topological polar surface area (TPSA) is 92.8 Å². The maximum absolute atomic E-state index is 11.0. The number of methoxy groups -OCH3 is 1. The Hall–Kier alpha value is -1.53. The fraction of sp³-hybridized carbons (Fsp3) is 0.300. The maximum atomic E-state index is 11.0. The normalized spacial score (nSPS) is 8.81. The van der Waals surface area contributed by atoms with E-state index in [2.05, 4.69) is 4.74 Å². The number of hydrogen-bond acceptors (Lipinski definition) is 5. The van der Waals surface area contributed by atoms with E-state index in [1.54, 1.807) is 0 Å². The average Bonchev–Trinajstić information content (AvgIpc) is 2.30.